The molecule has 8 heteroatoms. The number of nitrogens with one attached hydrogen (secondary N) is 1. The molecule has 1 aliphatic rings. The van der Waals surface area contributed by atoms with E-state index in [9.17, 15) is 0 Å². The summed E-state index contributed by atoms with van der Waals surface area (Å²) in [7, 11) is 2.19. The van der Waals surface area contributed by atoms with Gasteiger partial charge in [-0.1, -0.05) is 6.92 Å². The Bertz CT molecular complexity index is 564. The van der Waals surface area contributed by atoms with Crippen molar-refractivity contribution in [3.8, 4) is 0 Å². The molecule has 0 aliphatic carbocycles. The highest BCUT2D eigenvalue weighted by Crippen LogP contribution is 2.19. The normalized spacial score (nSPS) is 15.9. The highest BCUT2D eigenvalue weighted by Gasteiger charge is 2.21. The Balaban J connectivity index is 1.79. The first-order valence-corrected chi connectivity index (χ1v) is 11.1. The molecular weight excluding hydrogens is 358 g/mol. The predicted molar refractivity (Wildman–Crippen MR) is 116 cm³/mol. The average Bonchev–Trinajstić information content (AvgIpc) is 3.16. The van der Waals surface area contributed by atoms with E-state index in [1.54, 1.807) is 0 Å². The van der Waals surface area contributed by atoms with E-state index in [4.69, 9.17) is 4.99 Å². The molecule has 1 aliphatic heterocycles. The topological polar surface area (TPSA) is 59.9 Å². The Kier molecular flexibility index (Phi) is 9.27. The molecule has 0 radical (unpaired) electrons. The highest BCUT2D eigenvalue weighted by molar-refractivity contribution is 7.09. The van der Waals surface area contributed by atoms with Gasteiger partial charge in [-0.05, 0) is 47.2 Å². The molecule has 1 aromatic heterocycles. The van der Waals surface area contributed by atoms with Gasteiger partial charge in [0.15, 0.2) is 5.96 Å². The molecule has 1 N–H and O–H groups in total. The Morgan fingerprint density at radius 1 is 1.22 bits per heavy atom. The van der Waals surface area contributed by atoms with Crippen LogP contribution in [0.4, 0.5) is 5.13 Å². The fraction of sp³-hybridized carbons (Fsp3) is 0.842. The number of aliphatic imine (C=N–C) groups is 1. The quantitative estimate of drug-likeness (QED) is 0.393. The van der Waals surface area contributed by atoms with Crippen LogP contribution in [0.1, 0.15) is 46.4 Å². The Morgan fingerprint density at radius 2 is 1.96 bits per heavy atom. The molecule has 0 aromatic carbocycles. The fourth-order valence-electron chi connectivity index (χ4n) is 2.97. The summed E-state index contributed by atoms with van der Waals surface area (Å²) >= 11 is 1.52. The summed E-state index contributed by atoms with van der Waals surface area (Å²) in [5, 5.41) is 4.52. The number of rotatable bonds is 9. The summed E-state index contributed by atoms with van der Waals surface area (Å²) in [6.45, 7) is 15.6. The lowest BCUT2D eigenvalue weighted by Crippen LogP contribution is -2.52. The van der Waals surface area contributed by atoms with Crippen molar-refractivity contribution in [3.63, 3.8) is 0 Å². The molecule has 1 fully saturated rings. The van der Waals surface area contributed by atoms with E-state index in [-0.39, 0.29) is 0 Å². The third-order valence-corrected chi connectivity index (χ3v) is 5.84. The van der Waals surface area contributed by atoms with Crippen molar-refractivity contribution < 1.29 is 0 Å². The van der Waals surface area contributed by atoms with Crippen molar-refractivity contribution in [2.45, 2.75) is 53.0 Å². The van der Waals surface area contributed by atoms with E-state index < -0.39 is 0 Å². The summed E-state index contributed by atoms with van der Waals surface area (Å²) < 4.78 is 4.41. The van der Waals surface area contributed by atoms with E-state index in [2.05, 4.69) is 64.1 Å². The molecule has 2 rings (SSSR count). The zero-order chi connectivity index (χ0) is 19.6. The summed E-state index contributed by atoms with van der Waals surface area (Å²) in [5.41, 5.74) is 0. The SMILES string of the molecule is CCNC(=NCCCCN(C)C(C)C)N1CCN(c2nc(CC)ns2)CC1. The van der Waals surface area contributed by atoms with Gasteiger partial charge in [-0.3, -0.25) is 4.99 Å². The van der Waals surface area contributed by atoms with Crippen LogP contribution in [0.15, 0.2) is 4.99 Å². The number of guanidine groups is 1. The van der Waals surface area contributed by atoms with E-state index >= 15 is 0 Å². The van der Waals surface area contributed by atoms with Crippen molar-refractivity contribution in [2.24, 2.45) is 4.99 Å². The van der Waals surface area contributed by atoms with Gasteiger partial charge < -0.3 is 20.0 Å². The number of anilines is 1. The van der Waals surface area contributed by atoms with Crippen molar-refractivity contribution >= 4 is 22.6 Å². The van der Waals surface area contributed by atoms with E-state index in [0.717, 1.165) is 75.6 Å². The molecular formula is C19H37N7S. The molecule has 7 nitrogen and oxygen atoms in total. The maximum absolute atomic E-state index is 4.86. The van der Waals surface area contributed by atoms with E-state index in [1.807, 2.05) is 0 Å². The molecule has 0 atom stereocenters. The van der Waals surface area contributed by atoms with Gasteiger partial charge in [0, 0.05) is 63.3 Å². The number of hydrogen-bond acceptors (Lipinski definition) is 6. The summed E-state index contributed by atoms with van der Waals surface area (Å²) in [4.78, 5) is 16.6. The first-order valence-electron chi connectivity index (χ1n) is 10.4. The molecule has 1 saturated heterocycles. The number of hydrogen-bond donors (Lipinski definition) is 1. The van der Waals surface area contributed by atoms with Crippen LogP contribution in [0.3, 0.4) is 0 Å². The number of aromatic nitrogens is 2. The van der Waals surface area contributed by atoms with Crippen LogP contribution < -0.4 is 10.2 Å². The largest absolute Gasteiger partial charge is 0.357 e. The van der Waals surface area contributed by atoms with Crippen LogP contribution in [0, 0.1) is 0 Å². The van der Waals surface area contributed by atoms with Crippen molar-refractivity contribution in [3.05, 3.63) is 5.82 Å². The second-order valence-electron chi connectivity index (χ2n) is 7.34. The van der Waals surface area contributed by atoms with Crippen LogP contribution in [-0.4, -0.2) is 84.0 Å². The van der Waals surface area contributed by atoms with Crippen molar-refractivity contribution in [1.29, 1.82) is 0 Å². The molecule has 154 valence electrons. The maximum Gasteiger partial charge on any atom is 0.205 e. The molecule has 1 aromatic rings. The lowest BCUT2D eigenvalue weighted by atomic mass is 10.2. The van der Waals surface area contributed by atoms with E-state index in [1.165, 1.54) is 18.0 Å². The van der Waals surface area contributed by atoms with Crippen LogP contribution in [0.2, 0.25) is 0 Å². The standard InChI is InChI=1S/C19H37N7S/c1-6-17-22-19(27-23-17)26-14-12-25(13-15-26)18(20-7-2)21-10-8-9-11-24(5)16(3)4/h16H,6-15H2,1-5H3,(H,20,21). The van der Waals surface area contributed by atoms with Crippen LogP contribution in [-0.2, 0) is 6.42 Å². The maximum atomic E-state index is 4.86. The van der Waals surface area contributed by atoms with Gasteiger partial charge in [0.2, 0.25) is 5.13 Å². The van der Waals surface area contributed by atoms with E-state index in [0.29, 0.717) is 6.04 Å². The van der Waals surface area contributed by atoms with Crippen LogP contribution >= 0.6 is 11.5 Å². The first-order chi connectivity index (χ1) is 13.0. The summed E-state index contributed by atoms with van der Waals surface area (Å²) in [6.07, 6.45) is 3.24. The molecule has 0 saturated carbocycles. The monoisotopic (exact) mass is 395 g/mol. The third kappa shape index (κ3) is 6.92. The zero-order valence-electron chi connectivity index (χ0n) is 17.7. The first kappa shape index (κ1) is 21.9. The second-order valence-corrected chi connectivity index (χ2v) is 8.07. The fourth-order valence-corrected chi connectivity index (χ4v) is 3.77. The second kappa shape index (κ2) is 11.4. The molecule has 2 heterocycles. The lowest BCUT2D eigenvalue weighted by molar-refractivity contribution is 0.269. The number of unbranched alkanes of at least 4 members (excludes halogenated alkanes) is 1. The lowest BCUT2D eigenvalue weighted by Gasteiger charge is -2.36. The smallest absolute Gasteiger partial charge is 0.205 e. The van der Waals surface area contributed by atoms with Gasteiger partial charge in [-0.15, -0.1) is 0 Å². The van der Waals surface area contributed by atoms with Crippen LogP contribution in [0.5, 0.6) is 0 Å². The summed E-state index contributed by atoms with van der Waals surface area (Å²) in [5.74, 6) is 2.01. The van der Waals surface area contributed by atoms with Crippen molar-refractivity contribution in [2.75, 3.05) is 57.8 Å². The van der Waals surface area contributed by atoms with Gasteiger partial charge in [-0.25, -0.2) is 4.98 Å². The number of aryl methyl sites for hydroxylation is 1. The Labute approximate surface area is 169 Å². The minimum absolute atomic E-state index is 0.614. The molecule has 27 heavy (non-hydrogen) atoms. The van der Waals surface area contributed by atoms with Gasteiger partial charge in [0.25, 0.3) is 0 Å². The number of nitrogens with zero attached hydrogens (tertiary/aromatic N) is 6. The minimum atomic E-state index is 0.614. The zero-order valence-corrected chi connectivity index (χ0v) is 18.6. The Hall–Kier alpha value is -1.41. The number of piperazine rings is 1. The molecule has 0 bridgehead atoms. The summed E-state index contributed by atoms with van der Waals surface area (Å²) in [6, 6.07) is 0.614. The minimum Gasteiger partial charge on any atom is -0.357 e. The van der Waals surface area contributed by atoms with Crippen molar-refractivity contribution in [1.82, 2.24) is 24.5 Å². The highest BCUT2D eigenvalue weighted by atomic mass is 32.1. The van der Waals surface area contributed by atoms with Crippen LogP contribution in [0.25, 0.3) is 0 Å². The predicted octanol–water partition coefficient (Wildman–Crippen LogP) is 2.31. The molecule has 0 spiro atoms. The average molecular weight is 396 g/mol. The molecule has 0 amide bonds. The van der Waals surface area contributed by atoms with Gasteiger partial charge in [0.1, 0.15) is 5.82 Å². The molecule has 0 unspecified atom stereocenters. The van der Waals surface area contributed by atoms with Gasteiger partial charge in [0.05, 0.1) is 0 Å². The van der Waals surface area contributed by atoms with Gasteiger partial charge >= 0.3 is 0 Å². The Morgan fingerprint density at radius 3 is 2.56 bits per heavy atom. The van der Waals surface area contributed by atoms with Gasteiger partial charge in [-0.2, -0.15) is 4.37 Å². The third-order valence-electron chi connectivity index (χ3n) is 5.02.